The number of fused-ring (bicyclic) bond motifs is 1. The van der Waals surface area contributed by atoms with Crippen molar-refractivity contribution in [3.05, 3.63) is 53.3 Å². The van der Waals surface area contributed by atoms with Gasteiger partial charge in [0.2, 0.25) is 0 Å². The van der Waals surface area contributed by atoms with Crippen LogP contribution in [-0.2, 0) is 12.8 Å². The first-order valence-corrected chi connectivity index (χ1v) is 6.14. The van der Waals surface area contributed by atoms with Gasteiger partial charge >= 0.3 is 0 Å². The predicted molar refractivity (Wildman–Crippen MR) is 67.8 cm³/mol. The van der Waals surface area contributed by atoms with Crippen molar-refractivity contribution in [2.24, 2.45) is 0 Å². The minimum atomic E-state index is 0.839. The molecule has 3 rings (SSSR count). The Bertz CT molecular complexity index is 540. The van der Waals surface area contributed by atoms with E-state index in [4.69, 9.17) is 0 Å². The molecule has 2 aromatic rings. The summed E-state index contributed by atoms with van der Waals surface area (Å²) in [5.41, 5.74) is 4.52. The Morgan fingerprint density at radius 2 is 1.82 bits per heavy atom. The molecule has 0 atom stereocenters. The van der Waals surface area contributed by atoms with Gasteiger partial charge in [-0.3, -0.25) is 4.79 Å². The fourth-order valence-electron chi connectivity index (χ4n) is 2.66. The quantitative estimate of drug-likeness (QED) is 0.719. The van der Waals surface area contributed by atoms with Crippen LogP contribution < -0.4 is 0 Å². The van der Waals surface area contributed by atoms with Crippen molar-refractivity contribution in [1.29, 1.82) is 0 Å². The molecule has 0 saturated heterocycles. The number of para-hydroxylation sites is 1. The van der Waals surface area contributed by atoms with Gasteiger partial charge in [-0.05, 0) is 48.9 Å². The number of hydrogen-bond acceptors (Lipinski definition) is 1. The van der Waals surface area contributed by atoms with Crippen LogP contribution in [0.25, 0.3) is 5.69 Å². The molecule has 1 heterocycles. The molecular weight excluding hydrogens is 210 g/mol. The van der Waals surface area contributed by atoms with E-state index in [9.17, 15) is 4.79 Å². The number of rotatable bonds is 2. The van der Waals surface area contributed by atoms with Crippen molar-refractivity contribution >= 4 is 6.29 Å². The number of aromatic nitrogens is 1. The number of aldehydes is 1. The van der Waals surface area contributed by atoms with Crippen LogP contribution in [-0.4, -0.2) is 10.9 Å². The number of carbonyl (C=O) groups excluding carboxylic acids is 1. The molecule has 0 bridgehead atoms. The van der Waals surface area contributed by atoms with Gasteiger partial charge in [-0.15, -0.1) is 0 Å². The molecule has 0 N–H and O–H groups in total. The maximum atomic E-state index is 11.3. The van der Waals surface area contributed by atoms with E-state index in [2.05, 4.69) is 6.20 Å². The number of nitrogens with zero attached hydrogens (tertiary/aromatic N) is 1. The zero-order valence-electron chi connectivity index (χ0n) is 9.73. The summed E-state index contributed by atoms with van der Waals surface area (Å²) in [4.78, 5) is 11.3. The molecule has 0 aliphatic heterocycles. The molecule has 1 aromatic carbocycles. The number of aryl methyl sites for hydroxylation is 1. The second-order valence-corrected chi connectivity index (χ2v) is 4.55. The average molecular weight is 225 g/mol. The molecule has 0 radical (unpaired) electrons. The van der Waals surface area contributed by atoms with Crippen LogP contribution in [0.3, 0.4) is 0 Å². The Labute approximate surface area is 101 Å². The van der Waals surface area contributed by atoms with E-state index in [0.717, 1.165) is 30.5 Å². The third-order valence-corrected chi connectivity index (χ3v) is 3.51. The molecule has 1 aliphatic rings. The van der Waals surface area contributed by atoms with E-state index in [-0.39, 0.29) is 0 Å². The second kappa shape index (κ2) is 4.21. The van der Waals surface area contributed by atoms with Crippen LogP contribution >= 0.6 is 0 Å². The number of benzene rings is 1. The van der Waals surface area contributed by atoms with Crippen LogP contribution in [0.15, 0.2) is 36.5 Å². The lowest BCUT2D eigenvalue weighted by molar-refractivity contribution is 0.111. The molecule has 0 spiro atoms. The zero-order chi connectivity index (χ0) is 11.7. The summed E-state index contributed by atoms with van der Waals surface area (Å²) in [6.07, 6.45) is 7.72. The van der Waals surface area contributed by atoms with Crippen LogP contribution in [0.5, 0.6) is 0 Å². The fraction of sp³-hybridized carbons (Fsp3) is 0.267. The van der Waals surface area contributed by atoms with Crippen molar-refractivity contribution in [3.63, 3.8) is 0 Å². The molecule has 0 amide bonds. The summed E-state index contributed by atoms with van der Waals surface area (Å²) < 4.78 is 2.03. The Kier molecular flexibility index (Phi) is 2.56. The Morgan fingerprint density at radius 3 is 2.59 bits per heavy atom. The van der Waals surface area contributed by atoms with Gasteiger partial charge in [-0.2, -0.15) is 0 Å². The van der Waals surface area contributed by atoms with Crippen LogP contribution in [0, 0.1) is 0 Å². The van der Waals surface area contributed by atoms with Crippen molar-refractivity contribution < 1.29 is 4.79 Å². The summed E-state index contributed by atoms with van der Waals surface area (Å²) in [6, 6.07) is 10.1. The Morgan fingerprint density at radius 1 is 1.06 bits per heavy atom. The molecule has 0 fully saturated rings. The minimum Gasteiger partial charge on any atom is -0.314 e. The third kappa shape index (κ3) is 1.70. The van der Waals surface area contributed by atoms with E-state index in [1.165, 1.54) is 24.0 Å². The van der Waals surface area contributed by atoms with Crippen molar-refractivity contribution in [3.8, 4) is 5.69 Å². The molecule has 2 heteroatoms. The van der Waals surface area contributed by atoms with E-state index in [0.29, 0.717) is 0 Å². The highest BCUT2D eigenvalue weighted by Gasteiger charge is 2.18. The average Bonchev–Trinajstić information content (AvgIpc) is 2.78. The highest BCUT2D eigenvalue weighted by molar-refractivity contribution is 5.77. The van der Waals surface area contributed by atoms with Crippen LogP contribution in [0.1, 0.15) is 34.5 Å². The van der Waals surface area contributed by atoms with Gasteiger partial charge < -0.3 is 4.57 Å². The summed E-state index contributed by atoms with van der Waals surface area (Å²) in [5.74, 6) is 0. The summed E-state index contributed by atoms with van der Waals surface area (Å²) in [5, 5.41) is 0. The van der Waals surface area contributed by atoms with Gasteiger partial charge in [0.05, 0.1) is 5.69 Å². The van der Waals surface area contributed by atoms with Gasteiger partial charge in [0.25, 0.3) is 0 Å². The summed E-state index contributed by atoms with van der Waals surface area (Å²) >= 11 is 0. The molecule has 0 unspecified atom stereocenters. The number of hydrogen-bond donors (Lipinski definition) is 0. The lowest BCUT2D eigenvalue weighted by Gasteiger charge is -2.10. The first-order valence-electron chi connectivity index (χ1n) is 6.14. The first-order chi connectivity index (χ1) is 8.40. The second-order valence-electron chi connectivity index (χ2n) is 4.55. The normalized spacial score (nSPS) is 14.4. The largest absolute Gasteiger partial charge is 0.314 e. The summed E-state index contributed by atoms with van der Waals surface area (Å²) in [6.45, 7) is 0. The van der Waals surface area contributed by atoms with Gasteiger partial charge in [0.15, 0.2) is 6.29 Å². The standard InChI is InChI=1S/C15H15NO/c17-11-15-14-9-5-4-6-12(14)10-16(15)13-7-2-1-3-8-13/h1-3,7-8,10-11H,4-6,9H2. The van der Waals surface area contributed by atoms with Crippen molar-refractivity contribution in [2.45, 2.75) is 25.7 Å². The zero-order valence-corrected chi connectivity index (χ0v) is 9.73. The van der Waals surface area contributed by atoms with Crippen molar-refractivity contribution in [1.82, 2.24) is 4.57 Å². The molecule has 1 aromatic heterocycles. The van der Waals surface area contributed by atoms with E-state index >= 15 is 0 Å². The Balaban J connectivity index is 2.17. The van der Waals surface area contributed by atoms with Crippen molar-refractivity contribution in [2.75, 3.05) is 0 Å². The highest BCUT2D eigenvalue weighted by atomic mass is 16.1. The Hall–Kier alpha value is -1.83. The fourth-order valence-corrected chi connectivity index (χ4v) is 2.66. The lowest BCUT2D eigenvalue weighted by atomic mass is 9.94. The molecule has 1 aliphatic carbocycles. The van der Waals surface area contributed by atoms with Gasteiger partial charge in [-0.25, -0.2) is 0 Å². The van der Waals surface area contributed by atoms with Gasteiger partial charge in [-0.1, -0.05) is 18.2 Å². The highest BCUT2D eigenvalue weighted by Crippen LogP contribution is 2.27. The maximum Gasteiger partial charge on any atom is 0.167 e. The molecule has 0 saturated carbocycles. The van der Waals surface area contributed by atoms with E-state index in [1.807, 2.05) is 34.9 Å². The predicted octanol–water partition coefficient (Wildman–Crippen LogP) is 3.17. The van der Waals surface area contributed by atoms with Gasteiger partial charge in [0, 0.05) is 11.9 Å². The first kappa shape index (κ1) is 10.3. The molecule has 86 valence electrons. The smallest absolute Gasteiger partial charge is 0.167 e. The monoisotopic (exact) mass is 225 g/mol. The minimum absolute atomic E-state index is 0.839. The molecule has 17 heavy (non-hydrogen) atoms. The summed E-state index contributed by atoms with van der Waals surface area (Å²) in [7, 11) is 0. The molecular formula is C15H15NO. The molecule has 2 nitrogen and oxygen atoms in total. The van der Waals surface area contributed by atoms with E-state index in [1.54, 1.807) is 0 Å². The topological polar surface area (TPSA) is 22.0 Å². The maximum absolute atomic E-state index is 11.3. The van der Waals surface area contributed by atoms with Gasteiger partial charge in [0.1, 0.15) is 0 Å². The SMILES string of the molecule is O=Cc1c2c(cn1-c1ccccc1)CCCC2. The van der Waals surface area contributed by atoms with Crippen LogP contribution in [0.2, 0.25) is 0 Å². The number of carbonyl (C=O) groups is 1. The van der Waals surface area contributed by atoms with Crippen LogP contribution in [0.4, 0.5) is 0 Å². The lowest BCUT2D eigenvalue weighted by Crippen LogP contribution is -2.03. The third-order valence-electron chi connectivity index (χ3n) is 3.51. The van der Waals surface area contributed by atoms with E-state index < -0.39 is 0 Å².